The lowest BCUT2D eigenvalue weighted by Crippen LogP contribution is -2.49. The Balaban J connectivity index is 3.01. The summed E-state index contributed by atoms with van der Waals surface area (Å²) in [6, 6.07) is 5.25. The molecule has 0 spiro atoms. The summed E-state index contributed by atoms with van der Waals surface area (Å²) in [5, 5.41) is 4.05. The smallest absolute Gasteiger partial charge is 0.309 e. The molecule has 1 atom stereocenters. The van der Waals surface area contributed by atoms with Crippen molar-refractivity contribution in [3.63, 3.8) is 0 Å². The third-order valence-corrected chi connectivity index (χ3v) is 4.50. The van der Waals surface area contributed by atoms with Crippen LogP contribution in [0.5, 0.6) is 0 Å². The zero-order valence-electron chi connectivity index (χ0n) is 13.2. The van der Waals surface area contributed by atoms with Gasteiger partial charge in [-0.25, -0.2) is 0 Å². The van der Waals surface area contributed by atoms with E-state index in [9.17, 15) is 13.2 Å². The molecule has 0 bridgehead atoms. The predicted octanol–water partition coefficient (Wildman–Crippen LogP) is 4.87. The molecule has 0 heterocycles. The van der Waals surface area contributed by atoms with E-state index in [2.05, 4.69) is 11.9 Å². The lowest BCUT2D eigenvalue weighted by atomic mass is 9.86. The van der Waals surface area contributed by atoms with Gasteiger partial charge in [0.05, 0.1) is 22.0 Å². The first-order chi connectivity index (χ1) is 10.6. The Kier molecular flexibility index (Phi) is 7.39. The first kappa shape index (κ1) is 20.3. The summed E-state index contributed by atoms with van der Waals surface area (Å²) in [5.41, 5.74) is 0.268. The minimum Gasteiger partial charge on any atom is -0.309 e. The van der Waals surface area contributed by atoms with Crippen LogP contribution in [0.25, 0.3) is 0 Å². The van der Waals surface area contributed by atoms with Crippen molar-refractivity contribution >= 4 is 23.2 Å². The van der Waals surface area contributed by atoms with Gasteiger partial charge in [0.15, 0.2) is 0 Å². The summed E-state index contributed by atoms with van der Waals surface area (Å²) in [7, 11) is 3.43. The van der Waals surface area contributed by atoms with E-state index >= 15 is 0 Å². The van der Waals surface area contributed by atoms with Crippen molar-refractivity contribution in [2.75, 3.05) is 27.2 Å². The number of halogens is 5. The molecule has 0 saturated carbocycles. The van der Waals surface area contributed by atoms with E-state index in [0.717, 1.165) is 5.56 Å². The Labute approximate surface area is 145 Å². The molecule has 130 valence electrons. The average molecular weight is 369 g/mol. The molecule has 1 N–H and O–H groups in total. The van der Waals surface area contributed by atoms with Crippen LogP contribution < -0.4 is 5.32 Å². The molecule has 0 aliphatic heterocycles. The number of likely N-dealkylation sites (N-methyl/N-ethyl adjacent to an activating group) is 2. The number of hydrogen-bond acceptors (Lipinski definition) is 2. The molecule has 23 heavy (non-hydrogen) atoms. The normalized spacial score (nSPS) is 14.8. The van der Waals surface area contributed by atoms with Gasteiger partial charge in [-0.3, -0.25) is 0 Å². The maximum Gasteiger partial charge on any atom is 0.390 e. The standard InChI is InChI=1S/C16H21Cl2F3N2/c1-4-7-15(22-2,11-23(3)9-8-16(19,20)21)12-5-6-13(17)14(18)10-12/h4-6,10,22H,1,7-9,11H2,2-3H3/t15-/m1/s1. The first-order valence-electron chi connectivity index (χ1n) is 7.14. The minimum absolute atomic E-state index is 0.0780. The van der Waals surface area contributed by atoms with Gasteiger partial charge in [0, 0.05) is 13.1 Å². The monoisotopic (exact) mass is 368 g/mol. The van der Waals surface area contributed by atoms with Gasteiger partial charge >= 0.3 is 6.18 Å². The Morgan fingerprint density at radius 3 is 2.39 bits per heavy atom. The molecular formula is C16H21Cl2F3N2. The number of hydrogen-bond donors (Lipinski definition) is 1. The second-order valence-electron chi connectivity index (χ2n) is 5.56. The summed E-state index contributed by atoms with van der Waals surface area (Å²) in [6.07, 6.45) is -2.74. The molecule has 0 radical (unpaired) electrons. The third kappa shape index (κ3) is 5.99. The highest BCUT2D eigenvalue weighted by Gasteiger charge is 2.33. The van der Waals surface area contributed by atoms with E-state index in [-0.39, 0.29) is 6.54 Å². The zero-order valence-corrected chi connectivity index (χ0v) is 14.7. The van der Waals surface area contributed by atoms with Crippen molar-refractivity contribution in [3.05, 3.63) is 46.5 Å². The topological polar surface area (TPSA) is 15.3 Å². The zero-order chi connectivity index (χ0) is 17.7. The number of nitrogens with one attached hydrogen (secondary N) is 1. The average Bonchev–Trinajstić information content (AvgIpc) is 2.46. The van der Waals surface area contributed by atoms with Crippen LogP contribution in [0.2, 0.25) is 10.0 Å². The maximum atomic E-state index is 12.4. The number of alkyl halides is 3. The predicted molar refractivity (Wildman–Crippen MR) is 90.2 cm³/mol. The van der Waals surface area contributed by atoms with Crippen molar-refractivity contribution in [2.45, 2.75) is 24.6 Å². The third-order valence-electron chi connectivity index (χ3n) is 3.76. The molecule has 0 aliphatic carbocycles. The Morgan fingerprint density at radius 1 is 1.26 bits per heavy atom. The molecule has 0 saturated heterocycles. The molecule has 0 amide bonds. The Hall–Kier alpha value is -0.750. The van der Waals surface area contributed by atoms with E-state index in [0.29, 0.717) is 23.0 Å². The van der Waals surface area contributed by atoms with Gasteiger partial charge in [0.2, 0.25) is 0 Å². The number of nitrogens with zero attached hydrogens (tertiary/aromatic N) is 1. The fourth-order valence-electron chi connectivity index (χ4n) is 2.50. The van der Waals surface area contributed by atoms with E-state index < -0.39 is 18.1 Å². The van der Waals surface area contributed by atoms with Crippen LogP contribution in [0.1, 0.15) is 18.4 Å². The molecule has 0 aromatic heterocycles. The number of benzene rings is 1. The number of rotatable bonds is 8. The summed E-state index contributed by atoms with van der Waals surface area (Å²) >= 11 is 12.0. The van der Waals surface area contributed by atoms with Gasteiger partial charge in [-0.15, -0.1) is 6.58 Å². The lowest BCUT2D eigenvalue weighted by Gasteiger charge is -2.37. The van der Waals surface area contributed by atoms with Crippen molar-refractivity contribution in [1.29, 1.82) is 0 Å². The van der Waals surface area contributed by atoms with Crippen LogP contribution in [-0.2, 0) is 5.54 Å². The van der Waals surface area contributed by atoms with Gasteiger partial charge in [0.1, 0.15) is 0 Å². The van der Waals surface area contributed by atoms with Gasteiger partial charge < -0.3 is 10.2 Å². The fourth-order valence-corrected chi connectivity index (χ4v) is 2.79. The van der Waals surface area contributed by atoms with E-state index in [4.69, 9.17) is 23.2 Å². The largest absolute Gasteiger partial charge is 0.390 e. The van der Waals surface area contributed by atoms with Crippen LogP contribution in [0.15, 0.2) is 30.9 Å². The van der Waals surface area contributed by atoms with Crippen molar-refractivity contribution in [2.24, 2.45) is 0 Å². The van der Waals surface area contributed by atoms with Gasteiger partial charge in [-0.05, 0) is 38.2 Å². The second kappa shape index (κ2) is 8.38. The lowest BCUT2D eigenvalue weighted by molar-refractivity contribution is -0.137. The van der Waals surface area contributed by atoms with Gasteiger partial charge in [-0.1, -0.05) is 35.3 Å². The molecule has 1 aromatic carbocycles. The summed E-state index contributed by atoms with van der Waals surface area (Å²) in [4.78, 5) is 1.65. The van der Waals surface area contributed by atoms with Crippen LogP contribution in [0.3, 0.4) is 0 Å². The molecular weight excluding hydrogens is 348 g/mol. The molecule has 2 nitrogen and oxygen atoms in total. The molecule has 0 unspecified atom stereocenters. The van der Waals surface area contributed by atoms with Gasteiger partial charge in [-0.2, -0.15) is 13.2 Å². The van der Waals surface area contributed by atoms with Gasteiger partial charge in [0.25, 0.3) is 0 Å². The summed E-state index contributed by atoms with van der Waals surface area (Å²) in [6.45, 7) is 4.05. The summed E-state index contributed by atoms with van der Waals surface area (Å²) in [5.74, 6) is 0. The second-order valence-corrected chi connectivity index (χ2v) is 6.37. The maximum absolute atomic E-state index is 12.4. The van der Waals surface area contributed by atoms with Crippen LogP contribution in [-0.4, -0.2) is 38.3 Å². The van der Waals surface area contributed by atoms with Crippen molar-refractivity contribution in [3.8, 4) is 0 Å². The minimum atomic E-state index is -4.17. The quantitative estimate of drug-likeness (QED) is 0.658. The van der Waals surface area contributed by atoms with E-state index in [1.54, 1.807) is 37.2 Å². The highest BCUT2D eigenvalue weighted by molar-refractivity contribution is 6.42. The van der Waals surface area contributed by atoms with Crippen molar-refractivity contribution < 1.29 is 13.2 Å². The molecule has 7 heteroatoms. The molecule has 1 rings (SSSR count). The SMILES string of the molecule is C=CC[C@](CN(C)CCC(F)(F)F)(NC)c1ccc(Cl)c(Cl)c1. The Bertz CT molecular complexity index is 535. The molecule has 1 aromatic rings. The van der Waals surface area contributed by atoms with Crippen LogP contribution >= 0.6 is 23.2 Å². The van der Waals surface area contributed by atoms with Crippen molar-refractivity contribution in [1.82, 2.24) is 10.2 Å². The first-order valence-corrected chi connectivity index (χ1v) is 7.90. The fraction of sp³-hybridized carbons (Fsp3) is 0.500. The van der Waals surface area contributed by atoms with Crippen LogP contribution in [0, 0.1) is 0 Å². The highest BCUT2D eigenvalue weighted by Crippen LogP contribution is 2.32. The highest BCUT2D eigenvalue weighted by atomic mass is 35.5. The molecule has 0 aliphatic rings. The van der Waals surface area contributed by atoms with Crippen LogP contribution in [0.4, 0.5) is 13.2 Å². The molecule has 0 fully saturated rings. The van der Waals surface area contributed by atoms with E-state index in [1.165, 1.54) is 0 Å². The Morgan fingerprint density at radius 2 is 1.91 bits per heavy atom. The van der Waals surface area contributed by atoms with E-state index in [1.807, 2.05) is 6.07 Å². The summed E-state index contributed by atoms with van der Waals surface area (Å²) < 4.78 is 37.2.